The number of hydrogen-bond donors (Lipinski definition) is 2. The Morgan fingerprint density at radius 1 is 1.38 bits per heavy atom. The molecule has 0 atom stereocenters. The van der Waals surface area contributed by atoms with Crippen LogP contribution < -0.4 is 20.9 Å². The number of hydrogen-bond acceptors (Lipinski definition) is 6. The third-order valence-corrected chi connectivity index (χ3v) is 4.77. The van der Waals surface area contributed by atoms with E-state index in [1.807, 2.05) is 13.8 Å². The summed E-state index contributed by atoms with van der Waals surface area (Å²) in [6.07, 6.45) is -3.41. The molecule has 2 heterocycles. The minimum atomic E-state index is -4.57. The number of alkyl halides is 3. The highest BCUT2D eigenvalue weighted by Crippen LogP contribution is 2.32. The molecule has 32 heavy (non-hydrogen) atoms. The second kappa shape index (κ2) is 8.61. The molecule has 1 aliphatic rings. The van der Waals surface area contributed by atoms with Gasteiger partial charge in [-0.25, -0.2) is 9.78 Å². The van der Waals surface area contributed by atoms with Crippen molar-refractivity contribution in [3.63, 3.8) is 0 Å². The van der Waals surface area contributed by atoms with Gasteiger partial charge < -0.3 is 20.7 Å². The number of nitrogens with zero attached hydrogens (tertiary/aromatic N) is 4. The summed E-state index contributed by atoms with van der Waals surface area (Å²) >= 11 is 0. The van der Waals surface area contributed by atoms with Crippen molar-refractivity contribution >= 4 is 29.4 Å². The Morgan fingerprint density at radius 2 is 2.09 bits per heavy atom. The molecular weight excluding hydrogens is 429 g/mol. The summed E-state index contributed by atoms with van der Waals surface area (Å²) < 4.78 is 44.4. The summed E-state index contributed by atoms with van der Waals surface area (Å²) in [5.41, 5.74) is 4.50. The Bertz CT molecular complexity index is 1030. The number of methoxy groups -OCH3 is 1. The van der Waals surface area contributed by atoms with Crippen molar-refractivity contribution in [1.82, 2.24) is 15.3 Å². The van der Waals surface area contributed by atoms with E-state index in [9.17, 15) is 22.8 Å². The molecule has 12 heteroatoms. The number of nitrogens with two attached hydrogens (primary N) is 1. The lowest BCUT2D eigenvalue weighted by molar-refractivity contribution is -0.137. The molecule has 3 N–H and O–H groups in total. The first-order chi connectivity index (χ1) is 14.9. The molecule has 0 aliphatic carbocycles. The van der Waals surface area contributed by atoms with Crippen LogP contribution in [0.4, 0.5) is 35.4 Å². The average molecular weight is 452 g/mol. The summed E-state index contributed by atoms with van der Waals surface area (Å²) in [4.78, 5) is 35.9. The third-order valence-electron chi connectivity index (χ3n) is 4.77. The molecule has 0 radical (unpaired) electrons. The predicted molar refractivity (Wildman–Crippen MR) is 111 cm³/mol. The minimum Gasteiger partial charge on any atom is -0.383 e. The molecule has 3 rings (SSSR count). The van der Waals surface area contributed by atoms with E-state index in [1.54, 1.807) is 0 Å². The number of rotatable bonds is 6. The minimum absolute atomic E-state index is 0.0182. The van der Waals surface area contributed by atoms with E-state index >= 15 is 0 Å². The van der Waals surface area contributed by atoms with Crippen LogP contribution in [0, 0.1) is 0 Å². The lowest BCUT2D eigenvalue weighted by Gasteiger charge is -2.24. The number of nitrogens with one attached hydrogen (secondary N) is 1. The molecule has 0 saturated carbocycles. The number of anilines is 3. The number of carbonyl (C=O) groups excluding carboxylic acids is 2. The molecule has 1 aromatic carbocycles. The average Bonchev–Trinajstić information content (AvgIpc) is 3.00. The van der Waals surface area contributed by atoms with E-state index in [4.69, 9.17) is 10.5 Å². The van der Waals surface area contributed by atoms with Crippen molar-refractivity contribution in [2.45, 2.75) is 25.6 Å². The zero-order chi connectivity index (χ0) is 23.7. The van der Waals surface area contributed by atoms with E-state index in [1.165, 1.54) is 24.1 Å². The topological polar surface area (TPSA) is 114 Å². The second-order valence-electron chi connectivity index (χ2n) is 7.87. The Hall–Kier alpha value is -3.41. The Morgan fingerprint density at radius 3 is 2.66 bits per heavy atom. The van der Waals surface area contributed by atoms with E-state index in [-0.39, 0.29) is 36.2 Å². The number of urea groups is 1. The maximum absolute atomic E-state index is 13.2. The van der Waals surface area contributed by atoms with Crippen LogP contribution in [0.2, 0.25) is 0 Å². The fourth-order valence-electron chi connectivity index (χ4n) is 3.23. The van der Waals surface area contributed by atoms with E-state index in [0.717, 1.165) is 23.2 Å². The van der Waals surface area contributed by atoms with Crippen molar-refractivity contribution in [2.75, 3.05) is 42.3 Å². The van der Waals surface area contributed by atoms with Crippen molar-refractivity contribution in [2.24, 2.45) is 0 Å². The van der Waals surface area contributed by atoms with Crippen LogP contribution in [0.15, 0.2) is 30.5 Å². The van der Waals surface area contributed by atoms with Gasteiger partial charge in [0.2, 0.25) is 5.95 Å². The fourth-order valence-corrected chi connectivity index (χ4v) is 3.23. The summed E-state index contributed by atoms with van der Waals surface area (Å²) in [5, 5.41) is 2.76. The quantitative estimate of drug-likeness (QED) is 0.697. The number of aromatic nitrogens is 2. The molecule has 2 aromatic rings. The number of carbonyl (C=O) groups is 2. The molecule has 9 nitrogen and oxygen atoms in total. The van der Waals surface area contributed by atoms with Crippen molar-refractivity contribution in [3.8, 4) is 0 Å². The van der Waals surface area contributed by atoms with Gasteiger partial charge in [-0.05, 0) is 32.0 Å². The monoisotopic (exact) mass is 452 g/mol. The lowest BCUT2D eigenvalue weighted by Crippen LogP contribution is -2.36. The van der Waals surface area contributed by atoms with Crippen molar-refractivity contribution < 1.29 is 27.5 Å². The van der Waals surface area contributed by atoms with Gasteiger partial charge in [-0.1, -0.05) is 6.07 Å². The zero-order valence-corrected chi connectivity index (χ0v) is 17.7. The maximum atomic E-state index is 13.2. The summed E-state index contributed by atoms with van der Waals surface area (Å²) in [6.45, 7) is 4.00. The molecule has 172 valence electrons. The van der Waals surface area contributed by atoms with Gasteiger partial charge in [0.1, 0.15) is 11.4 Å². The highest BCUT2D eigenvalue weighted by atomic mass is 19.4. The molecule has 1 aromatic heterocycles. The largest absolute Gasteiger partial charge is 0.416 e. The second-order valence-corrected chi connectivity index (χ2v) is 7.87. The van der Waals surface area contributed by atoms with Gasteiger partial charge in [0.15, 0.2) is 0 Å². The molecule has 0 bridgehead atoms. The summed E-state index contributed by atoms with van der Waals surface area (Å²) in [7, 11) is 1.41. The van der Waals surface area contributed by atoms with Crippen molar-refractivity contribution in [3.05, 3.63) is 41.6 Å². The van der Waals surface area contributed by atoms with Crippen LogP contribution in [-0.4, -0.2) is 54.3 Å². The van der Waals surface area contributed by atoms with Gasteiger partial charge in [0.05, 0.1) is 24.3 Å². The molecular formula is C20H23F3N6O3. The van der Waals surface area contributed by atoms with Crippen molar-refractivity contribution in [1.29, 1.82) is 0 Å². The van der Waals surface area contributed by atoms with Gasteiger partial charge in [-0.15, -0.1) is 0 Å². The van der Waals surface area contributed by atoms with Crippen LogP contribution in [0.5, 0.6) is 0 Å². The van der Waals surface area contributed by atoms with Crippen LogP contribution in [0.3, 0.4) is 0 Å². The molecule has 3 amide bonds. The lowest BCUT2D eigenvalue weighted by atomic mass is 10.1. The number of halogens is 3. The standard InChI is InChI=1S/C20H23F3N6O3/c1-19(2)11-29(18(31)27-19)17-25-10-14(15(24)26-17)16(30)28(7-8-32-3)13-6-4-5-12(9-13)20(21,22)23/h4-6,9-10H,7-8,11H2,1-3H3,(H,27,31)(H2,24,25,26). The summed E-state index contributed by atoms with van der Waals surface area (Å²) in [5.74, 6) is -0.881. The number of amides is 3. The highest BCUT2D eigenvalue weighted by molar-refractivity contribution is 6.09. The van der Waals surface area contributed by atoms with Gasteiger partial charge in [-0.3, -0.25) is 9.69 Å². The third kappa shape index (κ3) is 4.90. The van der Waals surface area contributed by atoms with Gasteiger partial charge in [-0.2, -0.15) is 18.2 Å². The Balaban J connectivity index is 1.93. The van der Waals surface area contributed by atoms with Gasteiger partial charge in [0, 0.05) is 25.5 Å². The fraction of sp³-hybridized carbons (Fsp3) is 0.400. The van der Waals surface area contributed by atoms with Crippen LogP contribution in [-0.2, 0) is 10.9 Å². The first-order valence-electron chi connectivity index (χ1n) is 9.63. The van der Waals surface area contributed by atoms with Crippen LogP contribution >= 0.6 is 0 Å². The predicted octanol–water partition coefficient (Wildman–Crippen LogP) is 2.68. The molecule has 1 fully saturated rings. The van der Waals surface area contributed by atoms with Crippen LogP contribution in [0.25, 0.3) is 0 Å². The number of benzene rings is 1. The smallest absolute Gasteiger partial charge is 0.383 e. The number of nitrogen functional groups attached to an aromatic ring is 1. The van der Waals surface area contributed by atoms with E-state index in [2.05, 4.69) is 15.3 Å². The van der Waals surface area contributed by atoms with E-state index in [0.29, 0.717) is 6.54 Å². The van der Waals surface area contributed by atoms with Crippen LogP contribution in [0.1, 0.15) is 29.8 Å². The van der Waals surface area contributed by atoms with Gasteiger partial charge >= 0.3 is 12.2 Å². The molecule has 1 saturated heterocycles. The highest BCUT2D eigenvalue weighted by Gasteiger charge is 2.37. The van der Waals surface area contributed by atoms with E-state index < -0.39 is 29.2 Å². The molecule has 1 aliphatic heterocycles. The van der Waals surface area contributed by atoms with Gasteiger partial charge in [0.25, 0.3) is 5.91 Å². The molecule has 0 unspecified atom stereocenters. The first kappa shape index (κ1) is 23.3. The zero-order valence-electron chi connectivity index (χ0n) is 17.7. The summed E-state index contributed by atoms with van der Waals surface area (Å²) in [6, 6.07) is 3.97. The number of ether oxygens (including phenoxy) is 1. The Labute approximate surface area is 182 Å². The Kier molecular flexibility index (Phi) is 6.26. The molecule has 0 spiro atoms. The SMILES string of the molecule is COCCN(C(=O)c1cnc(N2CC(C)(C)NC2=O)nc1N)c1cccc(C(F)(F)F)c1. The maximum Gasteiger partial charge on any atom is 0.416 e. The normalized spacial score (nSPS) is 15.6. The first-order valence-corrected chi connectivity index (χ1v) is 9.63.